The maximum absolute atomic E-state index is 10.0. The zero-order chi connectivity index (χ0) is 26.5. The molecule has 2 heterocycles. The number of aliphatic hydroxyl groups excluding tert-OH is 1. The molecule has 3 aromatic carbocycles. The number of aryl methyl sites for hydroxylation is 3. The summed E-state index contributed by atoms with van der Waals surface area (Å²) in [4.78, 5) is 14.9. The van der Waals surface area contributed by atoms with Gasteiger partial charge >= 0.3 is 0 Å². The van der Waals surface area contributed by atoms with Crippen molar-refractivity contribution >= 4 is 16.9 Å². The Morgan fingerprint density at radius 3 is 2.18 bits per heavy atom. The summed E-state index contributed by atoms with van der Waals surface area (Å²) in [5.74, 6) is 0.805. The van der Waals surface area contributed by atoms with Gasteiger partial charge in [0.15, 0.2) is 11.4 Å². The Bertz CT molecular complexity index is 1570. The smallest absolute Gasteiger partial charge is 0.155 e. The maximum atomic E-state index is 10.0. The molecular formula is C33H30IrNO3-. The molecule has 2 aromatic heterocycles. The van der Waals surface area contributed by atoms with E-state index >= 15 is 0 Å². The van der Waals surface area contributed by atoms with Crippen LogP contribution < -0.4 is 0 Å². The van der Waals surface area contributed by atoms with Crippen LogP contribution in [0.3, 0.4) is 0 Å². The molecule has 0 unspecified atom stereocenters. The molecule has 0 saturated heterocycles. The van der Waals surface area contributed by atoms with Crippen molar-refractivity contribution in [1.29, 1.82) is 0 Å². The van der Waals surface area contributed by atoms with E-state index in [1.807, 2.05) is 30.3 Å². The number of nitrogens with zero attached hydrogens (tertiary/aromatic N) is 1. The van der Waals surface area contributed by atoms with Gasteiger partial charge < -0.3 is 9.52 Å². The number of furan rings is 1. The molecule has 0 fully saturated rings. The maximum Gasteiger partial charge on any atom is 0.155 e. The number of aromatic nitrogens is 1. The predicted octanol–water partition coefficient (Wildman–Crippen LogP) is 8.59. The SMILES string of the molecule is CC(=O)/C=C(/C)O.Cc1cc(C)c(-c2cc3nc(-c4[c-]ccc(-c5ccccc5)c4)ccc3o2)c(C)c1.[Ir]. The Labute approximate surface area is 237 Å². The van der Waals surface area contributed by atoms with Crippen LogP contribution in [0, 0.1) is 26.8 Å². The van der Waals surface area contributed by atoms with E-state index in [0.717, 1.165) is 39.2 Å². The van der Waals surface area contributed by atoms with E-state index in [9.17, 15) is 4.79 Å². The van der Waals surface area contributed by atoms with E-state index in [1.54, 1.807) is 0 Å². The summed E-state index contributed by atoms with van der Waals surface area (Å²) < 4.78 is 6.17. The molecular weight excluding hydrogens is 651 g/mol. The largest absolute Gasteiger partial charge is 0.512 e. The number of hydrogen-bond donors (Lipinski definition) is 1. The number of benzene rings is 3. The zero-order valence-electron chi connectivity index (χ0n) is 22.1. The average Bonchev–Trinajstić information content (AvgIpc) is 3.26. The normalized spacial score (nSPS) is 10.9. The molecule has 5 heteroatoms. The van der Waals surface area contributed by atoms with Crippen LogP contribution in [-0.4, -0.2) is 15.9 Å². The molecule has 0 amide bonds. The first kappa shape index (κ1) is 28.8. The fourth-order valence-electron chi connectivity index (χ4n) is 4.48. The summed E-state index contributed by atoms with van der Waals surface area (Å²) in [6.45, 7) is 9.23. The van der Waals surface area contributed by atoms with E-state index in [0.29, 0.717) is 0 Å². The van der Waals surface area contributed by atoms with Crippen LogP contribution in [-0.2, 0) is 24.9 Å². The van der Waals surface area contributed by atoms with Gasteiger partial charge in [0.1, 0.15) is 5.76 Å². The fraction of sp³-hybridized carbons (Fsp3) is 0.152. The van der Waals surface area contributed by atoms with Crippen molar-refractivity contribution < 1.29 is 34.4 Å². The molecule has 195 valence electrons. The van der Waals surface area contributed by atoms with E-state index in [4.69, 9.17) is 14.5 Å². The van der Waals surface area contributed by atoms with E-state index in [-0.39, 0.29) is 31.6 Å². The van der Waals surface area contributed by atoms with Crippen LogP contribution in [0.25, 0.3) is 44.8 Å². The summed E-state index contributed by atoms with van der Waals surface area (Å²) >= 11 is 0. The van der Waals surface area contributed by atoms with Gasteiger partial charge in [-0.2, -0.15) is 0 Å². The second kappa shape index (κ2) is 12.6. The van der Waals surface area contributed by atoms with Crippen molar-refractivity contribution in [3.05, 3.63) is 113 Å². The van der Waals surface area contributed by atoms with Gasteiger partial charge in [-0.15, -0.1) is 35.4 Å². The minimum Gasteiger partial charge on any atom is -0.512 e. The Morgan fingerprint density at radius 2 is 1.58 bits per heavy atom. The van der Waals surface area contributed by atoms with E-state index < -0.39 is 0 Å². The summed E-state index contributed by atoms with van der Waals surface area (Å²) in [6, 6.07) is 30.3. The molecule has 0 aliphatic carbocycles. The number of aliphatic hydroxyl groups is 1. The Morgan fingerprint density at radius 1 is 0.895 bits per heavy atom. The number of fused-ring (bicyclic) bond motifs is 1. The fourth-order valence-corrected chi connectivity index (χ4v) is 4.48. The van der Waals surface area contributed by atoms with Gasteiger partial charge in [0.2, 0.25) is 0 Å². The zero-order valence-corrected chi connectivity index (χ0v) is 24.5. The standard InChI is InChI=1S/C28H22NO.C5H8O2.Ir/c1-18-14-19(2)28(20(3)15-18)27-17-25-26(30-27)13-12-24(29-25)23-11-7-10-22(16-23)21-8-5-4-6-9-21;1-4(6)3-5(2)7;/h4-10,12-17H,1-3H3;3,6H,1-2H3;/q-1;;/b;4-3-;. The molecule has 5 rings (SSSR count). The van der Waals surface area contributed by atoms with Gasteiger partial charge in [0, 0.05) is 37.8 Å². The van der Waals surface area contributed by atoms with Crippen LogP contribution >= 0.6 is 0 Å². The van der Waals surface area contributed by atoms with Crippen molar-refractivity contribution in [2.45, 2.75) is 34.6 Å². The van der Waals surface area contributed by atoms with Crippen LogP contribution in [0.15, 0.2) is 95.1 Å². The molecule has 0 saturated carbocycles. The van der Waals surface area contributed by atoms with Crippen molar-refractivity contribution in [3.63, 3.8) is 0 Å². The molecule has 5 aromatic rings. The minimum absolute atomic E-state index is 0. The molecule has 0 aliphatic heterocycles. The third-order valence-corrected chi connectivity index (χ3v) is 5.89. The third kappa shape index (κ3) is 6.95. The third-order valence-electron chi connectivity index (χ3n) is 5.89. The van der Waals surface area contributed by atoms with Crippen LogP contribution in [0.1, 0.15) is 30.5 Å². The van der Waals surface area contributed by atoms with Gasteiger partial charge in [-0.05, 0) is 63.1 Å². The first-order valence-electron chi connectivity index (χ1n) is 12.2. The van der Waals surface area contributed by atoms with Crippen molar-refractivity contribution in [2.75, 3.05) is 0 Å². The predicted molar refractivity (Wildman–Crippen MR) is 150 cm³/mol. The second-order valence-electron chi connectivity index (χ2n) is 9.22. The van der Waals surface area contributed by atoms with Gasteiger partial charge in [-0.3, -0.25) is 9.78 Å². The first-order chi connectivity index (χ1) is 17.7. The molecule has 0 aliphatic rings. The Hall–Kier alpha value is -3.79. The number of carbonyl (C=O) groups is 1. The number of rotatable bonds is 4. The molecule has 1 radical (unpaired) electrons. The first-order valence-corrected chi connectivity index (χ1v) is 12.2. The van der Waals surface area contributed by atoms with Crippen molar-refractivity contribution in [1.82, 2.24) is 4.98 Å². The quantitative estimate of drug-likeness (QED) is 0.117. The summed E-state index contributed by atoms with van der Waals surface area (Å²) in [5, 5.41) is 8.36. The van der Waals surface area contributed by atoms with Crippen molar-refractivity contribution in [3.8, 4) is 33.7 Å². The van der Waals surface area contributed by atoms with Gasteiger partial charge in [0.05, 0.1) is 11.3 Å². The molecule has 0 spiro atoms. The number of pyridine rings is 1. The number of carbonyl (C=O) groups excluding carboxylic acids is 1. The molecule has 4 nitrogen and oxygen atoms in total. The number of ketones is 1. The molecule has 0 bridgehead atoms. The number of hydrogen-bond acceptors (Lipinski definition) is 4. The Kier molecular flexibility index (Phi) is 9.57. The van der Waals surface area contributed by atoms with Gasteiger partial charge in [-0.25, -0.2) is 0 Å². The second-order valence-corrected chi connectivity index (χ2v) is 9.22. The number of allylic oxidation sites excluding steroid dienone is 2. The summed E-state index contributed by atoms with van der Waals surface area (Å²) in [6.07, 6.45) is 1.17. The van der Waals surface area contributed by atoms with Crippen LogP contribution in [0.4, 0.5) is 0 Å². The van der Waals surface area contributed by atoms with Crippen LogP contribution in [0.5, 0.6) is 0 Å². The average molecular weight is 681 g/mol. The minimum atomic E-state index is -0.125. The van der Waals surface area contributed by atoms with Gasteiger partial charge in [-0.1, -0.05) is 54.1 Å². The van der Waals surface area contributed by atoms with E-state index in [2.05, 4.69) is 75.4 Å². The van der Waals surface area contributed by atoms with Crippen molar-refractivity contribution in [2.24, 2.45) is 0 Å². The summed E-state index contributed by atoms with van der Waals surface area (Å²) in [5.41, 5.74) is 10.7. The van der Waals surface area contributed by atoms with Gasteiger partial charge in [0.25, 0.3) is 0 Å². The summed E-state index contributed by atoms with van der Waals surface area (Å²) in [7, 11) is 0. The topological polar surface area (TPSA) is 63.3 Å². The van der Waals surface area contributed by atoms with E-state index in [1.165, 1.54) is 42.2 Å². The molecule has 0 atom stereocenters. The monoisotopic (exact) mass is 681 g/mol. The Balaban J connectivity index is 0.000000444. The van der Waals surface area contributed by atoms with Crippen LogP contribution in [0.2, 0.25) is 0 Å². The molecule has 38 heavy (non-hydrogen) atoms. The molecule has 1 N–H and O–H groups in total.